The first-order valence-electron chi connectivity index (χ1n) is 9.13. The highest BCUT2D eigenvalue weighted by Crippen LogP contribution is 2.21. The number of benzene rings is 1. The number of aliphatic imine (C=N–C) groups is 1. The molecule has 1 saturated heterocycles. The molecule has 1 fully saturated rings. The van der Waals surface area contributed by atoms with Crippen LogP contribution in [0.5, 0.6) is 0 Å². The summed E-state index contributed by atoms with van der Waals surface area (Å²) < 4.78 is 0. The van der Waals surface area contributed by atoms with Crippen LogP contribution in [0.3, 0.4) is 0 Å². The largest absolute Gasteiger partial charge is 0.357 e. The highest BCUT2D eigenvalue weighted by molar-refractivity contribution is 8.00. The number of carbonyl (C=O) groups is 1. The summed E-state index contributed by atoms with van der Waals surface area (Å²) >= 11 is 2.07. The Bertz CT molecular complexity index is 573. The maximum atomic E-state index is 11.1. The van der Waals surface area contributed by atoms with Gasteiger partial charge in [-0.2, -0.15) is 11.8 Å². The topological polar surface area (TPSA) is 56.7 Å². The van der Waals surface area contributed by atoms with Crippen LogP contribution in [0.25, 0.3) is 0 Å². The first-order valence-corrected chi connectivity index (χ1v) is 10.2. The lowest BCUT2D eigenvalue weighted by atomic mass is 10.1. The summed E-state index contributed by atoms with van der Waals surface area (Å²) in [6, 6.07) is 8.00. The van der Waals surface area contributed by atoms with E-state index in [0.29, 0.717) is 5.25 Å². The molecular weight excluding hydrogens is 332 g/mol. The Labute approximate surface area is 155 Å². The standard InChI is InChI=1S/C19H30N4OS/c1-4-18-14-23(12-13-25-18)19(20-5-2)21-11-10-16-6-8-17(9-7-16)22-15(3)24/h6-9,18H,4-5,10-14H2,1-3H3,(H,20,21)(H,22,24). The van der Waals surface area contributed by atoms with Crippen molar-refractivity contribution in [3.63, 3.8) is 0 Å². The van der Waals surface area contributed by atoms with E-state index in [9.17, 15) is 4.79 Å². The summed E-state index contributed by atoms with van der Waals surface area (Å²) in [6.07, 6.45) is 2.11. The molecule has 1 aromatic carbocycles. The number of anilines is 1. The van der Waals surface area contributed by atoms with Crippen molar-refractivity contribution >= 4 is 29.3 Å². The van der Waals surface area contributed by atoms with E-state index in [2.05, 4.69) is 53.3 Å². The third-order valence-corrected chi connectivity index (χ3v) is 5.54. The molecule has 0 spiro atoms. The zero-order valence-electron chi connectivity index (χ0n) is 15.5. The second-order valence-electron chi connectivity index (χ2n) is 6.21. The highest BCUT2D eigenvalue weighted by Gasteiger charge is 2.21. The Morgan fingerprint density at radius 2 is 2.08 bits per heavy atom. The predicted octanol–water partition coefficient (Wildman–Crippen LogP) is 2.98. The second-order valence-corrected chi connectivity index (χ2v) is 7.62. The third kappa shape index (κ3) is 6.61. The number of hydrogen-bond acceptors (Lipinski definition) is 3. The fraction of sp³-hybridized carbons (Fsp3) is 0.579. The maximum absolute atomic E-state index is 11.1. The summed E-state index contributed by atoms with van der Waals surface area (Å²) in [5, 5.41) is 6.93. The van der Waals surface area contributed by atoms with Gasteiger partial charge in [0.15, 0.2) is 5.96 Å². The van der Waals surface area contributed by atoms with Crippen LogP contribution in [0.4, 0.5) is 5.69 Å². The minimum Gasteiger partial charge on any atom is -0.357 e. The monoisotopic (exact) mass is 362 g/mol. The highest BCUT2D eigenvalue weighted by atomic mass is 32.2. The third-order valence-electron chi connectivity index (χ3n) is 4.16. The number of amides is 1. The van der Waals surface area contributed by atoms with Crippen molar-refractivity contribution in [3.8, 4) is 0 Å². The molecule has 1 atom stereocenters. The SMILES string of the molecule is CCNC(=NCCc1ccc(NC(C)=O)cc1)N1CCSC(CC)C1. The van der Waals surface area contributed by atoms with Gasteiger partial charge in [0, 0.05) is 49.8 Å². The van der Waals surface area contributed by atoms with Crippen molar-refractivity contribution in [2.45, 2.75) is 38.9 Å². The molecule has 1 aliphatic heterocycles. The van der Waals surface area contributed by atoms with Gasteiger partial charge in [0.05, 0.1) is 0 Å². The Kier molecular flexibility index (Phi) is 8.12. The number of hydrogen-bond donors (Lipinski definition) is 2. The summed E-state index contributed by atoms with van der Waals surface area (Å²) in [4.78, 5) is 18.3. The Morgan fingerprint density at radius 3 is 2.72 bits per heavy atom. The van der Waals surface area contributed by atoms with Crippen LogP contribution in [-0.2, 0) is 11.2 Å². The van der Waals surface area contributed by atoms with Crippen molar-refractivity contribution in [3.05, 3.63) is 29.8 Å². The van der Waals surface area contributed by atoms with Crippen LogP contribution in [0.2, 0.25) is 0 Å². The summed E-state index contributed by atoms with van der Waals surface area (Å²) in [7, 11) is 0. The van der Waals surface area contributed by atoms with Crippen LogP contribution in [0.1, 0.15) is 32.8 Å². The molecule has 2 rings (SSSR count). The lowest BCUT2D eigenvalue weighted by Crippen LogP contribution is -2.48. The molecule has 1 aliphatic rings. The molecule has 2 N–H and O–H groups in total. The summed E-state index contributed by atoms with van der Waals surface area (Å²) in [5.41, 5.74) is 2.07. The molecule has 138 valence electrons. The lowest BCUT2D eigenvalue weighted by molar-refractivity contribution is -0.114. The first kappa shape index (κ1) is 19.6. The van der Waals surface area contributed by atoms with E-state index in [0.717, 1.165) is 44.2 Å². The van der Waals surface area contributed by atoms with E-state index in [1.165, 1.54) is 24.7 Å². The number of guanidine groups is 1. The van der Waals surface area contributed by atoms with Crippen LogP contribution in [-0.4, -0.2) is 53.9 Å². The summed E-state index contributed by atoms with van der Waals surface area (Å²) in [6.45, 7) is 9.71. The zero-order valence-corrected chi connectivity index (χ0v) is 16.4. The molecule has 0 aromatic heterocycles. The first-order chi connectivity index (χ1) is 12.1. The molecule has 0 aliphatic carbocycles. The number of carbonyl (C=O) groups excluding carboxylic acids is 1. The molecule has 25 heavy (non-hydrogen) atoms. The van der Waals surface area contributed by atoms with Gasteiger partial charge >= 0.3 is 0 Å². The summed E-state index contributed by atoms with van der Waals surface area (Å²) in [5.74, 6) is 2.17. The van der Waals surface area contributed by atoms with E-state index in [-0.39, 0.29) is 5.91 Å². The smallest absolute Gasteiger partial charge is 0.221 e. The van der Waals surface area contributed by atoms with Gasteiger partial charge in [-0.25, -0.2) is 0 Å². The fourth-order valence-corrected chi connectivity index (χ4v) is 4.01. The maximum Gasteiger partial charge on any atom is 0.221 e. The van der Waals surface area contributed by atoms with Gasteiger partial charge in [-0.3, -0.25) is 9.79 Å². The Balaban J connectivity index is 1.91. The van der Waals surface area contributed by atoms with Gasteiger partial charge in [0.2, 0.25) is 5.91 Å². The molecule has 0 bridgehead atoms. The van der Waals surface area contributed by atoms with E-state index < -0.39 is 0 Å². The van der Waals surface area contributed by atoms with Crippen molar-refractivity contribution < 1.29 is 4.79 Å². The van der Waals surface area contributed by atoms with Gasteiger partial charge in [-0.15, -0.1) is 0 Å². The normalized spacial score (nSPS) is 18.1. The number of thioether (sulfide) groups is 1. The zero-order chi connectivity index (χ0) is 18.1. The van der Waals surface area contributed by atoms with Crippen molar-refractivity contribution in [1.29, 1.82) is 0 Å². The fourth-order valence-electron chi connectivity index (χ4n) is 2.83. The molecule has 1 amide bonds. The van der Waals surface area contributed by atoms with E-state index in [1.807, 2.05) is 12.1 Å². The van der Waals surface area contributed by atoms with Crippen LogP contribution in [0.15, 0.2) is 29.3 Å². The van der Waals surface area contributed by atoms with E-state index in [1.54, 1.807) is 0 Å². The number of nitrogens with one attached hydrogen (secondary N) is 2. The number of nitrogens with zero attached hydrogens (tertiary/aromatic N) is 2. The Morgan fingerprint density at radius 1 is 1.32 bits per heavy atom. The number of rotatable bonds is 6. The molecule has 5 nitrogen and oxygen atoms in total. The van der Waals surface area contributed by atoms with Gasteiger partial charge in [-0.05, 0) is 37.5 Å². The molecule has 6 heteroatoms. The van der Waals surface area contributed by atoms with Gasteiger partial charge in [0.1, 0.15) is 0 Å². The predicted molar refractivity (Wildman–Crippen MR) is 109 cm³/mol. The van der Waals surface area contributed by atoms with Crippen molar-refractivity contribution in [1.82, 2.24) is 10.2 Å². The lowest BCUT2D eigenvalue weighted by Gasteiger charge is -2.34. The van der Waals surface area contributed by atoms with Gasteiger partial charge in [0.25, 0.3) is 0 Å². The average molecular weight is 363 g/mol. The van der Waals surface area contributed by atoms with Gasteiger partial charge < -0.3 is 15.5 Å². The molecular formula is C19H30N4OS. The quantitative estimate of drug-likeness (QED) is 0.603. The second kappa shape index (κ2) is 10.3. The average Bonchev–Trinajstić information content (AvgIpc) is 2.62. The molecule has 1 unspecified atom stereocenters. The van der Waals surface area contributed by atoms with Crippen LogP contribution >= 0.6 is 11.8 Å². The molecule has 1 heterocycles. The molecule has 1 aromatic rings. The molecule has 0 radical (unpaired) electrons. The van der Waals surface area contributed by atoms with Crippen molar-refractivity contribution in [2.24, 2.45) is 4.99 Å². The minimum atomic E-state index is -0.0438. The van der Waals surface area contributed by atoms with Crippen LogP contribution < -0.4 is 10.6 Å². The van der Waals surface area contributed by atoms with E-state index in [4.69, 9.17) is 4.99 Å². The van der Waals surface area contributed by atoms with E-state index >= 15 is 0 Å². The van der Waals surface area contributed by atoms with Crippen LogP contribution in [0, 0.1) is 0 Å². The van der Waals surface area contributed by atoms with Crippen molar-refractivity contribution in [2.75, 3.05) is 37.2 Å². The Hall–Kier alpha value is -1.69. The minimum absolute atomic E-state index is 0.0438. The van der Waals surface area contributed by atoms with Gasteiger partial charge in [-0.1, -0.05) is 19.1 Å². The molecule has 0 saturated carbocycles.